The van der Waals surface area contributed by atoms with Gasteiger partial charge in [-0.2, -0.15) is 0 Å². The normalized spacial score (nSPS) is 44.8. The molecule has 4 aliphatic rings. The second-order valence-corrected chi connectivity index (χ2v) is 7.27. The van der Waals surface area contributed by atoms with Crippen LogP contribution in [0, 0.1) is 35.5 Å². The molecule has 0 amide bonds. The molecule has 0 bridgehead atoms. The summed E-state index contributed by atoms with van der Waals surface area (Å²) in [6.07, 6.45) is 27.6. The molecule has 0 aromatic carbocycles. The van der Waals surface area contributed by atoms with E-state index in [-0.39, 0.29) is 0 Å². The molecule has 0 heterocycles. The summed E-state index contributed by atoms with van der Waals surface area (Å²) in [6.45, 7) is 0. The van der Waals surface area contributed by atoms with Crippen LogP contribution in [0.5, 0.6) is 0 Å². The van der Waals surface area contributed by atoms with E-state index in [4.69, 9.17) is 0 Å². The topological polar surface area (TPSA) is 0 Å². The molecule has 0 aliphatic heterocycles. The Kier molecular flexibility index (Phi) is 3.42. The Bertz CT molecular complexity index is 420. The van der Waals surface area contributed by atoms with Crippen LogP contribution in [0.15, 0.2) is 48.6 Å². The van der Waals surface area contributed by atoms with E-state index in [1.807, 2.05) is 0 Å². The van der Waals surface area contributed by atoms with Crippen molar-refractivity contribution in [1.29, 1.82) is 0 Å². The zero-order valence-electron chi connectivity index (χ0n) is 12.3. The average molecular weight is 266 g/mol. The number of rotatable bonds is 3. The molecule has 20 heavy (non-hydrogen) atoms. The van der Waals surface area contributed by atoms with Crippen molar-refractivity contribution in [2.45, 2.75) is 38.5 Å². The van der Waals surface area contributed by atoms with Gasteiger partial charge >= 0.3 is 0 Å². The van der Waals surface area contributed by atoms with E-state index in [9.17, 15) is 0 Å². The Morgan fingerprint density at radius 2 is 1.00 bits per heavy atom. The molecule has 0 heteroatoms. The monoisotopic (exact) mass is 266 g/mol. The SMILES string of the molecule is C1=C[C@@H]2[C@@H](CC[C@H]3CC[C@@H]4C=CC=C[C@H]34)CC[C@@H]2C=C1. The van der Waals surface area contributed by atoms with Gasteiger partial charge in [0.25, 0.3) is 0 Å². The Morgan fingerprint density at radius 1 is 0.550 bits per heavy atom. The maximum Gasteiger partial charge on any atom is -0.0139 e. The molecule has 4 aliphatic carbocycles. The van der Waals surface area contributed by atoms with Gasteiger partial charge in [-0.15, -0.1) is 0 Å². The molecular formula is C20H26. The van der Waals surface area contributed by atoms with E-state index in [2.05, 4.69) is 48.6 Å². The first-order chi connectivity index (χ1) is 9.92. The van der Waals surface area contributed by atoms with Crippen LogP contribution in [0.3, 0.4) is 0 Å². The molecular weight excluding hydrogens is 240 g/mol. The van der Waals surface area contributed by atoms with Gasteiger partial charge in [0.2, 0.25) is 0 Å². The first kappa shape index (κ1) is 12.7. The highest BCUT2D eigenvalue weighted by Crippen LogP contribution is 2.47. The van der Waals surface area contributed by atoms with Crippen molar-refractivity contribution >= 4 is 0 Å². The first-order valence-electron chi connectivity index (χ1n) is 8.62. The highest BCUT2D eigenvalue weighted by atomic mass is 14.4. The number of allylic oxidation sites excluding steroid dienone is 8. The molecule has 4 rings (SSSR count). The second-order valence-electron chi connectivity index (χ2n) is 7.27. The standard InChI is InChI=1S/C20H26/c1-3-7-19-15(5-1)9-11-17(19)13-14-18-12-10-16-6-2-4-8-20(16)18/h1-8,15-20H,9-14H2/t15-,16-,17+,18+,19-,20-/m0/s1. The summed E-state index contributed by atoms with van der Waals surface area (Å²) >= 11 is 0. The Balaban J connectivity index is 1.35. The van der Waals surface area contributed by atoms with Crippen LogP contribution in [-0.4, -0.2) is 0 Å². The molecule has 0 aromatic heterocycles. The van der Waals surface area contributed by atoms with E-state index in [0.717, 1.165) is 35.5 Å². The van der Waals surface area contributed by atoms with Crippen molar-refractivity contribution in [3.63, 3.8) is 0 Å². The fraction of sp³-hybridized carbons (Fsp3) is 0.600. The van der Waals surface area contributed by atoms with Crippen LogP contribution < -0.4 is 0 Å². The van der Waals surface area contributed by atoms with Crippen LogP contribution in [-0.2, 0) is 0 Å². The average Bonchev–Trinajstić information content (AvgIpc) is 3.09. The molecule has 2 saturated carbocycles. The van der Waals surface area contributed by atoms with Crippen LogP contribution in [0.2, 0.25) is 0 Å². The van der Waals surface area contributed by atoms with Gasteiger partial charge in [0.15, 0.2) is 0 Å². The Labute approximate surface area is 123 Å². The third-order valence-electron chi connectivity index (χ3n) is 6.33. The third kappa shape index (κ3) is 2.24. The molecule has 2 fully saturated rings. The van der Waals surface area contributed by atoms with E-state index < -0.39 is 0 Å². The summed E-state index contributed by atoms with van der Waals surface area (Å²) in [7, 11) is 0. The van der Waals surface area contributed by atoms with Crippen LogP contribution >= 0.6 is 0 Å². The van der Waals surface area contributed by atoms with Crippen molar-refractivity contribution in [2.24, 2.45) is 35.5 Å². The highest BCUT2D eigenvalue weighted by molar-refractivity contribution is 5.18. The predicted octanol–water partition coefficient (Wildman–Crippen LogP) is 5.30. The molecule has 0 radical (unpaired) electrons. The minimum absolute atomic E-state index is 0.860. The smallest absolute Gasteiger partial charge is 0.0139 e. The Hall–Kier alpha value is -1.04. The second kappa shape index (κ2) is 5.39. The molecule has 0 aromatic rings. The summed E-state index contributed by atoms with van der Waals surface area (Å²) in [4.78, 5) is 0. The molecule has 0 spiro atoms. The van der Waals surface area contributed by atoms with E-state index in [1.54, 1.807) is 0 Å². The lowest BCUT2D eigenvalue weighted by Crippen LogP contribution is -2.17. The van der Waals surface area contributed by atoms with Crippen molar-refractivity contribution in [2.75, 3.05) is 0 Å². The van der Waals surface area contributed by atoms with Gasteiger partial charge in [0.05, 0.1) is 0 Å². The lowest BCUT2D eigenvalue weighted by molar-refractivity contribution is 0.316. The minimum Gasteiger partial charge on any atom is -0.0808 e. The highest BCUT2D eigenvalue weighted by Gasteiger charge is 2.37. The molecule has 0 unspecified atom stereocenters. The fourth-order valence-electron chi connectivity index (χ4n) is 5.23. The van der Waals surface area contributed by atoms with Gasteiger partial charge in [0.1, 0.15) is 0 Å². The van der Waals surface area contributed by atoms with Crippen LogP contribution in [0.4, 0.5) is 0 Å². The summed E-state index contributed by atoms with van der Waals surface area (Å²) in [6, 6.07) is 0. The van der Waals surface area contributed by atoms with E-state index in [0.29, 0.717) is 0 Å². The van der Waals surface area contributed by atoms with Gasteiger partial charge in [-0.1, -0.05) is 48.6 Å². The summed E-state index contributed by atoms with van der Waals surface area (Å²) in [5.74, 6) is 5.36. The van der Waals surface area contributed by atoms with E-state index in [1.165, 1.54) is 38.5 Å². The number of hydrogen-bond acceptors (Lipinski definition) is 0. The lowest BCUT2D eigenvalue weighted by atomic mass is 9.79. The number of hydrogen-bond donors (Lipinski definition) is 0. The maximum absolute atomic E-state index is 2.49. The Morgan fingerprint density at radius 3 is 1.50 bits per heavy atom. The van der Waals surface area contributed by atoms with Crippen molar-refractivity contribution in [3.8, 4) is 0 Å². The van der Waals surface area contributed by atoms with Gasteiger partial charge in [-0.05, 0) is 74.0 Å². The molecule has 0 N–H and O–H groups in total. The summed E-state index contributed by atoms with van der Waals surface area (Å²) < 4.78 is 0. The van der Waals surface area contributed by atoms with Gasteiger partial charge in [-0.25, -0.2) is 0 Å². The summed E-state index contributed by atoms with van der Waals surface area (Å²) in [5.41, 5.74) is 0. The predicted molar refractivity (Wildman–Crippen MR) is 85.2 cm³/mol. The van der Waals surface area contributed by atoms with Gasteiger partial charge in [0, 0.05) is 0 Å². The maximum atomic E-state index is 2.49. The minimum atomic E-state index is 0.860. The third-order valence-corrected chi connectivity index (χ3v) is 6.33. The largest absolute Gasteiger partial charge is 0.0808 e. The zero-order chi connectivity index (χ0) is 13.4. The molecule has 0 saturated heterocycles. The molecule has 6 atom stereocenters. The van der Waals surface area contributed by atoms with Crippen molar-refractivity contribution in [1.82, 2.24) is 0 Å². The fourth-order valence-corrected chi connectivity index (χ4v) is 5.23. The molecule has 106 valence electrons. The number of fused-ring (bicyclic) bond motifs is 2. The zero-order valence-corrected chi connectivity index (χ0v) is 12.3. The van der Waals surface area contributed by atoms with E-state index >= 15 is 0 Å². The van der Waals surface area contributed by atoms with Gasteiger partial charge in [-0.3, -0.25) is 0 Å². The lowest BCUT2D eigenvalue weighted by Gasteiger charge is -2.26. The van der Waals surface area contributed by atoms with Gasteiger partial charge < -0.3 is 0 Å². The first-order valence-corrected chi connectivity index (χ1v) is 8.62. The quantitative estimate of drug-likeness (QED) is 0.650. The van der Waals surface area contributed by atoms with Crippen molar-refractivity contribution < 1.29 is 0 Å². The molecule has 0 nitrogen and oxygen atoms in total. The van der Waals surface area contributed by atoms with Crippen LogP contribution in [0.25, 0.3) is 0 Å². The van der Waals surface area contributed by atoms with Crippen LogP contribution in [0.1, 0.15) is 38.5 Å². The van der Waals surface area contributed by atoms with Crippen molar-refractivity contribution in [3.05, 3.63) is 48.6 Å². The summed E-state index contributed by atoms with van der Waals surface area (Å²) in [5, 5.41) is 0.